The Hall–Kier alpha value is -2.28. The molecule has 1 atom stereocenters. The van der Waals surface area contributed by atoms with E-state index in [1.807, 2.05) is 0 Å². The highest BCUT2D eigenvalue weighted by Gasteiger charge is 2.40. The lowest BCUT2D eigenvalue weighted by Crippen LogP contribution is -2.48. The second-order valence-electron chi connectivity index (χ2n) is 8.82. The smallest absolute Gasteiger partial charge is 0.225 e. The summed E-state index contributed by atoms with van der Waals surface area (Å²) in [5, 5.41) is 23.9. The van der Waals surface area contributed by atoms with E-state index in [2.05, 4.69) is 26.3 Å². The molecule has 2 aromatic rings. The Morgan fingerprint density at radius 2 is 2.03 bits per heavy atom. The van der Waals surface area contributed by atoms with Crippen LogP contribution in [-0.4, -0.2) is 55.3 Å². The number of rotatable bonds is 5. The van der Waals surface area contributed by atoms with Gasteiger partial charge >= 0.3 is 0 Å². The maximum Gasteiger partial charge on any atom is 0.225 e. The Morgan fingerprint density at radius 1 is 1.31 bits per heavy atom. The molecule has 2 N–H and O–H groups in total. The predicted octanol–water partition coefficient (Wildman–Crippen LogP) is 2.77. The molecule has 0 bridgehead atoms. The van der Waals surface area contributed by atoms with Gasteiger partial charge in [-0.3, -0.25) is 4.21 Å². The number of fused-ring (bicyclic) bond motifs is 1. The van der Waals surface area contributed by atoms with Gasteiger partial charge in [0.05, 0.1) is 56.5 Å². The summed E-state index contributed by atoms with van der Waals surface area (Å²) in [5.41, 5.74) is 1.85. The highest BCUT2D eigenvalue weighted by atomic mass is 35.5. The summed E-state index contributed by atoms with van der Waals surface area (Å²) >= 11 is 5.90. The number of anilines is 2. The van der Waals surface area contributed by atoms with Gasteiger partial charge in [-0.1, -0.05) is 11.6 Å². The van der Waals surface area contributed by atoms with Crippen molar-refractivity contribution in [1.29, 1.82) is 5.26 Å². The summed E-state index contributed by atoms with van der Waals surface area (Å²) in [7, 11) is -1.17. The summed E-state index contributed by atoms with van der Waals surface area (Å²) in [6, 6.07) is 2.37. The minimum absolute atomic E-state index is 0.0188. The highest BCUT2D eigenvalue weighted by Crippen LogP contribution is 2.41. The lowest BCUT2D eigenvalue weighted by atomic mass is 9.77. The van der Waals surface area contributed by atoms with Crippen LogP contribution in [0.25, 0.3) is 0 Å². The van der Waals surface area contributed by atoms with Crippen LogP contribution in [0.5, 0.6) is 0 Å². The second kappa shape index (κ2) is 8.58. The summed E-state index contributed by atoms with van der Waals surface area (Å²) < 4.78 is 12.8. The van der Waals surface area contributed by atoms with Crippen LogP contribution < -0.4 is 10.2 Å². The monoisotopic (exact) mass is 472 g/mol. The molecule has 1 saturated carbocycles. The van der Waals surface area contributed by atoms with Crippen molar-refractivity contribution in [3.8, 4) is 6.07 Å². The van der Waals surface area contributed by atoms with Crippen LogP contribution in [0.4, 0.5) is 11.8 Å². The van der Waals surface area contributed by atoms with Crippen LogP contribution in [0, 0.1) is 11.3 Å². The molecular formula is C22H25ClN6O2S. The van der Waals surface area contributed by atoms with Crippen molar-refractivity contribution in [2.24, 2.45) is 0 Å². The third-order valence-electron chi connectivity index (χ3n) is 6.92. The van der Waals surface area contributed by atoms with E-state index in [9.17, 15) is 14.6 Å². The Kier molecular flexibility index (Phi) is 5.78. The van der Waals surface area contributed by atoms with Gasteiger partial charge in [0, 0.05) is 24.8 Å². The van der Waals surface area contributed by atoms with Crippen LogP contribution in [0.15, 0.2) is 17.3 Å². The molecular weight excluding hydrogens is 448 g/mol. The third-order valence-corrected chi connectivity index (χ3v) is 8.59. The molecule has 3 aliphatic rings. The van der Waals surface area contributed by atoms with Crippen molar-refractivity contribution in [3.63, 3.8) is 0 Å². The normalized spacial score (nSPS) is 22.2. The Balaban J connectivity index is 1.45. The van der Waals surface area contributed by atoms with Crippen molar-refractivity contribution < 1.29 is 9.32 Å². The molecule has 8 nitrogen and oxygen atoms in total. The quantitative estimate of drug-likeness (QED) is 0.682. The molecule has 0 amide bonds. The standard InChI is InChI=1S/C22H25ClN6O2S/c23-15-11-25-21(26-12-15)29-7-2-14(3-8-29)18-17(10-24)16-4-9-32(31)19(16)20(27-18)28-22(13-30)5-1-6-22/h11-12,14,30H,1-9,13H2,(H,27,28)/t32-/m0/s1. The average Bonchev–Trinajstić information content (AvgIpc) is 3.18. The number of aliphatic hydroxyl groups excluding tert-OH is 1. The van der Waals surface area contributed by atoms with Crippen molar-refractivity contribution in [2.45, 2.75) is 54.9 Å². The van der Waals surface area contributed by atoms with Crippen LogP contribution in [0.3, 0.4) is 0 Å². The number of aliphatic hydroxyl groups is 1. The number of hydrogen-bond acceptors (Lipinski definition) is 8. The van der Waals surface area contributed by atoms with Gasteiger partial charge in [-0.25, -0.2) is 15.0 Å². The first kappa shape index (κ1) is 21.6. The van der Waals surface area contributed by atoms with Crippen molar-refractivity contribution in [2.75, 3.05) is 35.7 Å². The summed E-state index contributed by atoms with van der Waals surface area (Å²) in [5.74, 6) is 1.90. The van der Waals surface area contributed by atoms with Crippen LogP contribution in [0.1, 0.15) is 54.8 Å². The number of aromatic nitrogens is 3. The first-order valence-electron chi connectivity index (χ1n) is 11.0. The molecule has 1 saturated heterocycles. The minimum Gasteiger partial charge on any atom is -0.394 e. The van der Waals surface area contributed by atoms with Gasteiger partial charge in [-0.05, 0) is 44.1 Å². The van der Waals surface area contributed by atoms with E-state index in [1.165, 1.54) is 0 Å². The van der Waals surface area contributed by atoms with Crippen LogP contribution in [0.2, 0.25) is 5.02 Å². The molecule has 0 spiro atoms. The van der Waals surface area contributed by atoms with Gasteiger partial charge < -0.3 is 15.3 Å². The van der Waals surface area contributed by atoms with E-state index in [1.54, 1.807) is 12.4 Å². The average molecular weight is 473 g/mol. The number of pyridine rings is 1. The number of halogens is 1. The fourth-order valence-corrected chi connectivity index (χ4v) is 6.41. The highest BCUT2D eigenvalue weighted by molar-refractivity contribution is 7.85. The molecule has 1 aliphatic carbocycles. The molecule has 0 radical (unpaired) electrons. The molecule has 5 rings (SSSR count). The van der Waals surface area contributed by atoms with Crippen molar-refractivity contribution in [1.82, 2.24) is 15.0 Å². The molecule has 10 heteroatoms. The first-order chi connectivity index (χ1) is 15.5. The van der Waals surface area contributed by atoms with E-state index in [-0.39, 0.29) is 12.5 Å². The van der Waals surface area contributed by atoms with Gasteiger partial charge in [-0.2, -0.15) is 5.26 Å². The van der Waals surface area contributed by atoms with Crippen LogP contribution in [-0.2, 0) is 17.2 Å². The van der Waals surface area contributed by atoms with Gasteiger partial charge in [-0.15, -0.1) is 0 Å². The lowest BCUT2D eigenvalue weighted by Gasteiger charge is -2.42. The molecule has 2 aromatic heterocycles. The van der Waals surface area contributed by atoms with Gasteiger partial charge in [0.2, 0.25) is 5.95 Å². The zero-order valence-electron chi connectivity index (χ0n) is 17.7. The van der Waals surface area contributed by atoms with Gasteiger partial charge in [0.1, 0.15) is 11.9 Å². The fraction of sp³-hybridized carbons (Fsp3) is 0.545. The Morgan fingerprint density at radius 3 is 2.62 bits per heavy atom. The summed E-state index contributed by atoms with van der Waals surface area (Å²) in [6.45, 7) is 1.53. The largest absolute Gasteiger partial charge is 0.394 e. The molecule has 4 heterocycles. The van der Waals surface area contributed by atoms with Crippen molar-refractivity contribution >= 4 is 34.2 Å². The van der Waals surface area contributed by atoms with Gasteiger partial charge in [0.25, 0.3) is 0 Å². The molecule has 0 aromatic carbocycles. The number of nitriles is 1. The number of hydrogen-bond donors (Lipinski definition) is 2. The Labute approximate surface area is 194 Å². The van der Waals surface area contributed by atoms with E-state index in [0.29, 0.717) is 39.4 Å². The molecule has 0 unspecified atom stereocenters. The van der Waals surface area contributed by atoms with E-state index >= 15 is 0 Å². The van der Waals surface area contributed by atoms with E-state index in [0.717, 1.165) is 56.5 Å². The molecule has 2 aliphatic heterocycles. The predicted molar refractivity (Wildman–Crippen MR) is 122 cm³/mol. The maximum absolute atomic E-state index is 12.8. The molecule has 32 heavy (non-hydrogen) atoms. The van der Waals surface area contributed by atoms with Crippen LogP contribution >= 0.6 is 11.6 Å². The first-order valence-corrected chi connectivity index (χ1v) is 12.7. The Bertz CT molecular complexity index is 1090. The maximum atomic E-state index is 12.8. The second-order valence-corrected chi connectivity index (χ2v) is 10.8. The summed E-state index contributed by atoms with van der Waals surface area (Å²) in [4.78, 5) is 16.3. The topological polar surface area (TPSA) is 115 Å². The fourth-order valence-electron chi connectivity index (χ4n) is 4.92. The zero-order valence-corrected chi connectivity index (χ0v) is 19.3. The SMILES string of the molecule is N#Cc1c(C2CCN(c3ncc(Cl)cn3)CC2)nc(NC2(CO)CCC2)c2c1CC[S@@]2=O. The lowest BCUT2D eigenvalue weighted by molar-refractivity contribution is 0.143. The number of nitrogens with one attached hydrogen (secondary N) is 1. The molecule has 2 fully saturated rings. The third kappa shape index (κ3) is 3.74. The summed E-state index contributed by atoms with van der Waals surface area (Å²) in [6.07, 6.45) is 8.23. The number of piperidine rings is 1. The van der Waals surface area contributed by atoms with E-state index in [4.69, 9.17) is 16.6 Å². The minimum atomic E-state index is -1.17. The van der Waals surface area contributed by atoms with E-state index < -0.39 is 16.3 Å². The van der Waals surface area contributed by atoms with Crippen molar-refractivity contribution in [3.05, 3.63) is 34.2 Å². The molecule has 168 valence electrons. The van der Waals surface area contributed by atoms with Gasteiger partial charge in [0.15, 0.2) is 0 Å². The zero-order chi connectivity index (χ0) is 22.3. The number of nitrogens with zero attached hydrogens (tertiary/aromatic N) is 5.